The van der Waals surface area contributed by atoms with Gasteiger partial charge in [-0.05, 0) is 30.9 Å². The fraction of sp³-hybridized carbons (Fsp3) is 0.375. The third-order valence-electron chi connectivity index (χ3n) is 3.52. The Morgan fingerprint density at radius 1 is 1.45 bits per heavy atom. The van der Waals surface area contributed by atoms with E-state index in [1.165, 1.54) is 0 Å². The van der Waals surface area contributed by atoms with E-state index in [2.05, 4.69) is 10.4 Å². The fourth-order valence-corrected chi connectivity index (χ4v) is 2.66. The summed E-state index contributed by atoms with van der Waals surface area (Å²) in [6, 6.07) is 9.42. The smallest absolute Gasteiger partial charge is 0.242 e. The van der Waals surface area contributed by atoms with Crippen molar-refractivity contribution in [1.82, 2.24) is 9.78 Å². The van der Waals surface area contributed by atoms with Gasteiger partial charge in [0.25, 0.3) is 0 Å². The summed E-state index contributed by atoms with van der Waals surface area (Å²) in [5.41, 5.74) is 8.94. The van der Waals surface area contributed by atoms with Crippen molar-refractivity contribution in [2.75, 3.05) is 17.3 Å². The SMILES string of the molecule is CSCC[C@H](N)C(=O)Nc1cc(-c2ccccc2C)nn1C. The highest BCUT2D eigenvalue weighted by Crippen LogP contribution is 2.24. The van der Waals surface area contributed by atoms with Gasteiger partial charge in [0.1, 0.15) is 5.82 Å². The number of anilines is 1. The van der Waals surface area contributed by atoms with Crippen molar-refractivity contribution in [3.05, 3.63) is 35.9 Å². The number of aromatic nitrogens is 2. The largest absolute Gasteiger partial charge is 0.320 e. The molecule has 1 aromatic heterocycles. The van der Waals surface area contributed by atoms with Crippen molar-refractivity contribution in [1.29, 1.82) is 0 Å². The van der Waals surface area contributed by atoms with E-state index in [0.29, 0.717) is 12.2 Å². The van der Waals surface area contributed by atoms with Crippen LogP contribution >= 0.6 is 11.8 Å². The van der Waals surface area contributed by atoms with Gasteiger partial charge in [-0.25, -0.2) is 0 Å². The Bertz CT molecular complexity index is 653. The van der Waals surface area contributed by atoms with Crippen LogP contribution in [0.4, 0.5) is 5.82 Å². The van der Waals surface area contributed by atoms with Crippen molar-refractivity contribution < 1.29 is 4.79 Å². The molecule has 0 aliphatic heterocycles. The van der Waals surface area contributed by atoms with E-state index in [1.807, 2.05) is 50.6 Å². The molecule has 0 unspecified atom stereocenters. The molecule has 0 spiro atoms. The Hall–Kier alpha value is -1.79. The van der Waals surface area contributed by atoms with Crippen LogP contribution < -0.4 is 11.1 Å². The van der Waals surface area contributed by atoms with Gasteiger partial charge in [-0.2, -0.15) is 16.9 Å². The number of benzene rings is 1. The molecule has 1 atom stereocenters. The Morgan fingerprint density at radius 3 is 2.86 bits per heavy atom. The number of aryl methyl sites for hydroxylation is 2. The number of nitrogens with zero attached hydrogens (tertiary/aromatic N) is 2. The van der Waals surface area contributed by atoms with Crippen molar-refractivity contribution in [2.24, 2.45) is 12.8 Å². The van der Waals surface area contributed by atoms with Crippen LogP contribution in [0.15, 0.2) is 30.3 Å². The molecular formula is C16H22N4OS. The second kappa shape index (κ2) is 7.47. The van der Waals surface area contributed by atoms with E-state index in [4.69, 9.17) is 5.73 Å². The molecule has 1 aromatic carbocycles. The minimum atomic E-state index is -0.496. The Morgan fingerprint density at radius 2 is 2.18 bits per heavy atom. The normalized spacial score (nSPS) is 12.2. The number of nitrogens with one attached hydrogen (secondary N) is 1. The summed E-state index contributed by atoms with van der Waals surface area (Å²) in [4.78, 5) is 12.1. The Labute approximate surface area is 135 Å². The van der Waals surface area contributed by atoms with Gasteiger partial charge in [-0.1, -0.05) is 24.3 Å². The van der Waals surface area contributed by atoms with Crippen molar-refractivity contribution in [2.45, 2.75) is 19.4 Å². The molecule has 1 amide bonds. The maximum absolute atomic E-state index is 12.1. The van der Waals surface area contributed by atoms with Gasteiger partial charge in [0, 0.05) is 18.7 Å². The van der Waals surface area contributed by atoms with Crippen molar-refractivity contribution >= 4 is 23.5 Å². The topological polar surface area (TPSA) is 72.9 Å². The first-order valence-corrected chi connectivity index (χ1v) is 8.57. The Balaban J connectivity index is 2.14. The highest BCUT2D eigenvalue weighted by Gasteiger charge is 2.16. The summed E-state index contributed by atoms with van der Waals surface area (Å²) in [5.74, 6) is 1.35. The molecule has 0 radical (unpaired) electrons. The van der Waals surface area contributed by atoms with Crippen LogP contribution in [0, 0.1) is 6.92 Å². The molecule has 0 saturated heterocycles. The Kier molecular flexibility index (Phi) is 5.63. The first-order chi connectivity index (χ1) is 10.5. The van der Waals surface area contributed by atoms with Gasteiger partial charge in [-0.15, -0.1) is 0 Å². The lowest BCUT2D eigenvalue weighted by atomic mass is 10.1. The summed E-state index contributed by atoms with van der Waals surface area (Å²) >= 11 is 1.68. The summed E-state index contributed by atoms with van der Waals surface area (Å²) in [6.07, 6.45) is 2.66. The molecule has 3 N–H and O–H groups in total. The summed E-state index contributed by atoms with van der Waals surface area (Å²) in [7, 11) is 1.81. The fourth-order valence-electron chi connectivity index (χ4n) is 2.17. The molecule has 0 saturated carbocycles. The molecule has 22 heavy (non-hydrogen) atoms. The molecule has 5 nitrogen and oxygen atoms in total. The number of amides is 1. The molecule has 0 aliphatic carbocycles. The summed E-state index contributed by atoms with van der Waals surface area (Å²) in [5, 5.41) is 7.33. The third kappa shape index (κ3) is 3.90. The van der Waals surface area contributed by atoms with Crippen molar-refractivity contribution in [3.8, 4) is 11.3 Å². The molecule has 6 heteroatoms. The first kappa shape index (κ1) is 16.6. The van der Waals surface area contributed by atoms with Crippen LogP contribution in [0.1, 0.15) is 12.0 Å². The van der Waals surface area contributed by atoms with Crippen LogP contribution in [0.25, 0.3) is 11.3 Å². The quantitative estimate of drug-likeness (QED) is 0.858. The lowest BCUT2D eigenvalue weighted by Gasteiger charge is -2.11. The zero-order chi connectivity index (χ0) is 16.1. The highest BCUT2D eigenvalue weighted by atomic mass is 32.2. The van der Waals surface area contributed by atoms with E-state index in [1.54, 1.807) is 16.4 Å². The van der Waals surface area contributed by atoms with Gasteiger partial charge in [0.15, 0.2) is 0 Å². The number of nitrogens with two attached hydrogens (primary N) is 1. The standard InChI is InChI=1S/C16H22N4OS/c1-11-6-4-5-7-12(11)14-10-15(20(2)19-14)18-16(21)13(17)8-9-22-3/h4-7,10,13H,8-9,17H2,1-3H3,(H,18,21)/t13-/m0/s1. The molecule has 0 bridgehead atoms. The molecular weight excluding hydrogens is 296 g/mol. The number of carbonyl (C=O) groups excluding carboxylic acids is 1. The third-order valence-corrected chi connectivity index (χ3v) is 4.17. The van der Waals surface area contributed by atoms with Gasteiger partial charge in [0.2, 0.25) is 5.91 Å². The van der Waals surface area contributed by atoms with Crippen LogP contribution in [-0.2, 0) is 11.8 Å². The van der Waals surface area contributed by atoms with Crippen molar-refractivity contribution in [3.63, 3.8) is 0 Å². The van der Waals surface area contributed by atoms with E-state index >= 15 is 0 Å². The van der Waals surface area contributed by atoms with E-state index in [-0.39, 0.29) is 5.91 Å². The van der Waals surface area contributed by atoms with Gasteiger partial charge in [-0.3, -0.25) is 9.48 Å². The van der Waals surface area contributed by atoms with E-state index in [9.17, 15) is 4.79 Å². The molecule has 1 heterocycles. The van der Waals surface area contributed by atoms with Crippen LogP contribution in [0.5, 0.6) is 0 Å². The van der Waals surface area contributed by atoms with E-state index in [0.717, 1.165) is 22.6 Å². The number of carbonyl (C=O) groups is 1. The van der Waals surface area contributed by atoms with Crippen LogP contribution in [0.2, 0.25) is 0 Å². The predicted molar refractivity (Wildman–Crippen MR) is 93.0 cm³/mol. The van der Waals surface area contributed by atoms with E-state index < -0.39 is 6.04 Å². The van der Waals surface area contributed by atoms with Gasteiger partial charge >= 0.3 is 0 Å². The predicted octanol–water partition coefficient (Wildman–Crippen LogP) is 2.41. The zero-order valence-electron chi connectivity index (χ0n) is 13.2. The number of hydrogen-bond donors (Lipinski definition) is 2. The minimum Gasteiger partial charge on any atom is -0.320 e. The molecule has 2 aromatic rings. The average Bonchev–Trinajstić information content (AvgIpc) is 2.86. The average molecular weight is 318 g/mol. The maximum atomic E-state index is 12.1. The monoisotopic (exact) mass is 318 g/mol. The van der Waals surface area contributed by atoms with Crippen LogP contribution in [-0.4, -0.2) is 33.7 Å². The zero-order valence-corrected chi connectivity index (χ0v) is 14.0. The first-order valence-electron chi connectivity index (χ1n) is 7.18. The minimum absolute atomic E-state index is 0.173. The lowest BCUT2D eigenvalue weighted by molar-refractivity contribution is -0.117. The summed E-state index contributed by atoms with van der Waals surface area (Å²) < 4.78 is 1.67. The maximum Gasteiger partial charge on any atom is 0.242 e. The molecule has 0 fully saturated rings. The second-order valence-corrected chi connectivity index (χ2v) is 6.22. The number of rotatable bonds is 6. The van der Waals surface area contributed by atoms with Gasteiger partial charge in [0.05, 0.1) is 11.7 Å². The molecule has 118 valence electrons. The number of hydrogen-bond acceptors (Lipinski definition) is 4. The lowest BCUT2D eigenvalue weighted by Crippen LogP contribution is -2.36. The van der Waals surface area contributed by atoms with Gasteiger partial charge < -0.3 is 11.1 Å². The summed E-state index contributed by atoms with van der Waals surface area (Å²) in [6.45, 7) is 2.04. The van der Waals surface area contributed by atoms with Crippen LogP contribution in [0.3, 0.4) is 0 Å². The molecule has 2 rings (SSSR count). The second-order valence-electron chi connectivity index (χ2n) is 5.23. The highest BCUT2D eigenvalue weighted by molar-refractivity contribution is 7.98. The molecule has 0 aliphatic rings. The number of thioether (sulfide) groups is 1.